The van der Waals surface area contributed by atoms with E-state index in [1.807, 2.05) is 42.5 Å². The lowest BCUT2D eigenvalue weighted by Gasteiger charge is -2.10. The Morgan fingerprint density at radius 3 is 2.35 bits per heavy atom. The van der Waals surface area contributed by atoms with Crippen LogP contribution in [0.4, 0.5) is 5.69 Å². The van der Waals surface area contributed by atoms with Gasteiger partial charge >= 0.3 is 0 Å². The number of ether oxygens (including phenoxy) is 2. The summed E-state index contributed by atoms with van der Waals surface area (Å²) in [6.07, 6.45) is 0.183. The van der Waals surface area contributed by atoms with Gasteiger partial charge in [-0.2, -0.15) is 0 Å². The van der Waals surface area contributed by atoms with Gasteiger partial charge in [0.1, 0.15) is 0 Å². The second-order valence-corrected chi connectivity index (χ2v) is 9.63. The molecule has 5 rings (SSSR count). The SMILES string of the molecule is O=C(Cc1ccc(NS(=O)(=O)c2ccc3ccccc3c2)cc1)NCc1ccc2c(c1)OCO2. The molecule has 1 amide bonds. The number of fused-ring (bicyclic) bond motifs is 2. The molecule has 0 fully saturated rings. The van der Waals surface area contributed by atoms with Gasteiger partial charge in [-0.05, 0) is 58.3 Å². The lowest BCUT2D eigenvalue weighted by molar-refractivity contribution is -0.120. The van der Waals surface area contributed by atoms with E-state index in [0.29, 0.717) is 23.7 Å². The Labute approximate surface area is 197 Å². The summed E-state index contributed by atoms with van der Waals surface area (Å²) >= 11 is 0. The van der Waals surface area contributed by atoms with E-state index in [1.165, 1.54) is 0 Å². The molecule has 0 aromatic heterocycles. The fourth-order valence-corrected chi connectivity index (χ4v) is 4.83. The molecule has 0 unspecified atom stereocenters. The second-order valence-electron chi connectivity index (χ2n) is 7.95. The molecule has 0 radical (unpaired) electrons. The van der Waals surface area contributed by atoms with Crippen LogP contribution in [0, 0.1) is 0 Å². The quantitative estimate of drug-likeness (QED) is 0.418. The second kappa shape index (κ2) is 9.07. The van der Waals surface area contributed by atoms with Crippen LogP contribution in [0.3, 0.4) is 0 Å². The summed E-state index contributed by atoms with van der Waals surface area (Å²) in [5.74, 6) is 1.24. The molecule has 1 heterocycles. The van der Waals surface area contributed by atoms with Crippen molar-refractivity contribution in [2.75, 3.05) is 11.5 Å². The third-order valence-corrected chi connectivity index (χ3v) is 6.91. The van der Waals surface area contributed by atoms with E-state index in [1.54, 1.807) is 42.5 Å². The molecule has 1 aliphatic heterocycles. The Morgan fingerprint density at radius 1 is 0.794 bits per heavy atom. The average molecular weight is 475 g/mol. The lowest BCUT2D eigenvalue weighted by atomic mass is 10.1. The number of amides is 1. The van der Waals surface area contributed by atoms with E-state index in [9.17, 15) is 13.2 Å². The number of carbonyl (C=O) groups excluding carboxylic acids is 1. The van der Waals surface area contributed by atoms with Crippen LogP contribution in [0.25, 0.3) is 10.8 Å². The maximum atomic E-state index is 12.8. The number of benzene rings is 4. The van der Waals surface area contributed by atoms with Crippen molar-refractivity contribution < 1.29 is 22.7 Å². The molecular weight excluding hydrogens is 452 g/mol. The summed E-state index contributed by atoms with van der Waals surface area (Å²) in [5.41, 5.74) is 2.12. The summed E-state index contributed by atoms with van der Waals surface area (Å²) < 4.78 is 38.8. The van der Waals surface area contributed by atoms with Crippen molar-refractivity contribution in [2.45, 2.75) is 17.9 Å². The Kier molecular flexibility index (Phi) is 5.81. The van der Waals surface area contributed by atoms with Crippen molar-refractivity contribution in [3.8, 4) is 11.5 Å². The molecule has 7 nitrogen and oxygen atoms in total. The van der Waals surface area contributed by atoms with Crippen LogP contribution in [-0.4, -0.2) is 21.1 Å². The van der Waals surface area contributed by atoms with Gasteiger partial charge in [0.15, 0.2) is 11.5 Å². The molecule has 0 saturated heterocycles. The molecule has 2 N–H and O–H groups in total. The number of hydrogen-bond acceptors (Lipinski definition) is 5. The third kappa shape index (κ3) is 4.82. The molecule has 0 bridgehead atoms. The number of hydrogen-bond donors (Lipinski definition) is 2. The zero-order chi connectivity index (χ0) is 23.5. The van der Waals surface area contributed by atoms with Crippen LogP contribution in [0.5, 0.6) is 11.5 Å². The topological polar surface area (TPSA) is 93.7 Å². The summed E-state index contributed by atoms with van der Waals surface area (Å²) in [4.78, 5) is 12.5. The Bertz CT molecular complexity index is 1470. The molecule has 0 aliphatic carbocycles. The minimum absolute atomic E-state index is 0.137. The maximum absolute atomic E-state index is 12.8. The van der Waals surface area contributed by atoms with Gasteiger partial charge in [-0.25, -0.2) is 8.42 Å². The summed E-state index contributed by atoms with van der Waals surface area (Å²) in [6.45, 7) is 0.582. The minimum atomic E-state index is -3.73. The number of rotatable bonds is 7. The standard InChI is InChI=1S/C26H22N2O5S/c29-26(27-16-19-7-12-24-25(13-19)33-17-32-24)14-18-5-9-22(10-6-18)28-34(30,31)23-11-8-20-3-1-2-4-21(20)15-23/h1-13,15,28H,14,16-17H2,(H,27,29). The molecule has 0 atom stereocenters. The van der Waals surface area contributed by atoms with E-state index in [2.05, 4.69) is 10.0 Å². The molecule has 8 heteroatoms. The van der Waals surface area contributed by atoms with E-state index in [-0.39, 0.29) is 24.0 Å². The first-order valence-corrected chi connectivity index (χ1v) is 12.2. The van der Waals surface area contributed by atoms with Crippen molar-refractivity contribution in [3.63, 3.8) is 0 Å². The molecule has 0 spiro atoms. The summed E-state index contributed by atoms with van der Waals surface area (Å²) in [5, 5.41) is 4.71. The van der Waals surface area contributed by atoms with Gasteiger partial charge in [0, 0.05) is 12.2 Å². The lowest BCUT2D eigenvalue weighted by Crippen LogP contribution is -2.24. The largest absolute Gasteiger partial charge is 0.454 e. The predicted octanol–water partition coefficient (Wildman–Crippen LogP) is 4.23. The van der Waals surface area contributed by atoms with Gasteiger partial charge in [0.05, 0.1) is 11.3 Å². The van der Waals surface area contributed by atoms with Crippen molar-refractivity contribution in [3.05, 3.63) is 96.1 Å². The fraction of sp³-hybridized carbons (Fsp3) is 0.115. The summed E-state index contributed by atoms with van der Waals surface area (Å²) in [6, 6.07) is 24.9. The van der Waals surface area contributed by atoms with Gasteiger partial charge in [-0.3, -0.25) is 9.52 Å². The van der Waals surface area contributed by atoms with E-state index in [4.69, 9.17) is 9.47 Å². The first-order chi connectivity index (χ1) is 16.5. The van der Waals surface area contributed by atoms with Crippen LogP contribution in [-0.2, 0) is 27.8 Å². The van der Waals surface area contributed by atoms with Gasteiger partial charge in [0.25, 0.3) is 10.0 Å². The fourth-order valence-electron chi connectivity index (χ4n) is 3.74. The number of nitrogens with one attached hydrogen (secondary N) is 2. The van der Waals surface area contributed by atoms with Crippen molar-refractivity contribution in [1.82, 2.24) is 5.32 Å². The normalized spacial score (nSPS) is 12.5. The zero-order valence-corrected chi connectivity index (χ0v) is 19.0. The highest BCUT2D eigenvalue weighted by molar-refractivity contribution is 7.92. The number of anilines is 1. The van der Waals surface area contributed by atoms with Crippen LogP contribution in [0.15, 0.2) is 89.8 Å². The summed E-state index contributed by atoms with van der Waals surface area (Å²) in [7, 11) is -3.73. The van der Waals surface area contributed by atoms with Crippen molar-refractivity contribution in [2.24, 2.45) is 0 Å². The first kappa shape index (κ1) is 21.8. The van der Waals surface area contributed by atoms with Gasteiger partial charge in [-0.1, -0.05) is 48.5 Å². The Hall–Kier alpha value is -4.04. The smallest absolute Gasteiger partial charge is 0.261 e. The van der Waals surface area contributed by atoms with E-state index < -0.39 is 10.0 Å². The maximum Gasteiger partial charge on any atom is 0.261 e. The van der Waals surface area contributed by atoms with Crippen LogP contribution in [0.1, 0.15) is 11.1 Å². The van der Waals surface area contributed by atoms with E-state index in [0.717, 1.165) is 21.9 Å². The predicted molar refractivity (Wildman–Crippen MR) is 129 cm³/mol. The molecule has 4 aromatic rings. The molecule has 0 saturated carbocycles. The van der Waals surface area contributed by atoms with Gasteiger partial charge in [0.2, 0.25) is 12.7 Å². The highest BCUT2D eigenvalue weighted by atomic mass is 32.2. The number of sulfonamides is 1. The third-order valence-electron chi connectivity index (χ3n) is 5.53. The van der Waals surface area contributed by atoms with Crippen LogP contribution >= 0.6 is 0 Å². The molecule has 4 aromatic carbocycles. The molecule has 1 aliphatic rings. The molecule has 172 valence electrons. The Morgan fingerprint density at radius 2 is 1.53 bits per heavy atom. The average Bonchev–Trinajstić information content (AvgIpc) is 3.31. The minimum Gasteiger partial charge on any atom is -0.454 e. The highest BCUT2D eigenvalue weighted by Crippen LogP contribution is 2.32. The van der Waals surface area contributed by atoms with Crippen molar-refractivity contribution >= 4 is 32.4 Å². The Balaban J connectivity index is 1.18. The highest BCUT2D eigenvalue weighted by Gasteiger charge is 2.16. The van der Waals surface area contributed by atoms with Crippen LogP contribution in [0.2, 0.25) is 0 Å². The van der Waals surface area contributed by atoms with E-state index >= 15 is 0 Å². The first-order valence-electron chi connectivity index (χ1n) is 10.7. The van der Waals surface area contributed by atoms with Gasteiger partial charge in [-0.15, -0.1) is 0 Å². The number of carbonyl (C=O) groups is 1. The molecule has 34 heavy (non-hydrogen) atoms. The van der Waals surface area contributed by atoms with Crippen LogP contribution < -0.4 is 19.5 Å². The van der Waals surface area contributed by atoms with Gasteiger partial charge < -0.3 is 14.8 Å². The zero-order valence-electron chi connectivity index (χ0n) is 18.2. The molecular formula is C26H22N2O5S. The van der Waals surface area contributed by atoms with Crippen molar-refractivity contribution in [1.29, 1.82) is 0 Å². The monoisotopic (exact) mass is 474 g/mol.